The summed E-state index contributed by atoms with van der Waals surface area (Å²) in [5.41, 5.74) is 0.340. The summed E-state index contributed by atoms with van der Waals surface area (Å²) < 4.78 is 28.4. The first kappa shape index (κ1) is 24.6. The lowest BCUT2D eigenvalue weighted by molar-refractivity contribution is -0.109. The molecule has 0 fully saturated rings. The fourth-order valence-electron chi connectivity index (χ4n) is 3.74. The molecule has 0 saturated heterocycles. The number of aldehydes is 1. The van der Waals surface area contributed by atoms with Crippen LogP contribution in [0.15, 0.2) is 95.9 Å². The van der Waals surface area contributed by atoms with Gasteiger partial charge in [-0.15, -0.1) is 0 Å². The lowest BCUT2D eigenvalue weighted by Gasteiger charge is -2.15. The lowest BCUT2D eigenvalue weighted by Crippen LogP contribution is -2.37. The zero-order valence-electron chi connectivity index (χ0n) is 18.9. The number of benzene rings is 4. The van der Waals surface area contributed by atoms with Crippen LogP contribution in [0.2, 0.25) is 0 Å². The molecule has 4 rings (SSSR count). The molecule has 4 aromatic rings. The van der Waals surface area contributed by atoms with Gasteiger partial charge in [0.15, 0.2) is 0 Å². The Balaban J connectivity index is 1.60. The van der Waals surface area contributed by atoms with Crippen molar-refractivity contribution in [3.05, 3.63) is 108 Å². The van der Waals surface area contributed by atoms with Gasteiger partial charge in [0.25, 0.3) is 15.9 Å². The zero-order chi connectivity index (χ0) is 25.7. The molecule has 0 aliphatic carbocycles. The van der Waals surface area contributed by atoms with Crippen molar-refractivity contribution in [2.24, 2.45) is 0 Å². The SMILES string of the molecule is O=C[C@H](Cc1ccccc1)NC(=O)c1cc(NS(=O)(=O)c2ccc3ccccc3c2)cc(C(=O)O)c1. The van der Waals surface area contributed by atoms with Crippen LogP contribution in [0.1, 0.15) is 26.3 Å². The molecule has 9 heteroatoms. The zero-order valence-corrected chi connectivity index (χ0v) is 19.7. The Hall–Kier alpha value is -4.50. The van der Waals surface area contributed by atoms with Gasteiger partial charge >= 0.3 is 5.97 Å². The van der Waals surface area contributed by atoms with Crippen LogP contribution in [-0.4, -0.2) is 37.7 Å². The number of nitrogens with one attached hydrogen (secondary N) is 2. The topological polar surface area (TPSA) is 130 Å². The highest BCUT2D eigenvalue weighted by atomic mass is 32.2. The van der Waals surface area contributed by atoms with E-state index >= 15 is 0 Å². The standard InChI is InChI=1S/C27H22N2O6S/c30-17-24(12-18-6-2-1-3-7-18)28-26(31)21-13-22(27(32)33)15-23(14-21)29-36(34,35)25-11-10-19-8-4-5-9-20(19)16-25/h1-11,13-17,24,29H,12H2,(H,28,31)(H,32,33)/t24-/m0/s1. The number of hydrogen-bond acceptors (Lipinski definition) is 5. The van der Waals surface area contributed by atoms with Crippen molar-refractivity contribution in [2.75, 3.05) is 4.72 Å². The molecule has 3 N–H and O–H groups in total. The summed E-state index contributed by atoms with van der Waals surface area (Å²) in [5.74, 6) is -2.05. The van der Waals surface area contributed by atoms with E-state index in [0.717, 1.165) is 28.5 Å². The van der Waals surface area contributed by atoms with Crippen molar-refractivity contribution in [3.63, 3.8) is 0 Å². The average molecular weight is 503 g/mol. The van der Waals surface area contributed by atoms with Crippen molar-refractivity contribution >= 4 is 44.6 Å². The number of carbonyl (C=O) groups excluding carboxylic acids is 2. The normalized spacial score (nSPS) is 12.0. The highest BCUT2D eigenvalue weighted by molar-refractivity contribution is 7.92. The minimum absolute atomic E-state index is 0.0168. The smallest absolute Gasteiger partial charge is 0.335 e. The Morgan fingerprint density at radius 2 is 1.50 bits per heavy atom. The van der Waals surface area contributed by atoms with Gasteiger partial charge in [-0.05, 0) is 53.1 Å². The summed E-state index contributed by atoms with van der Waals surface area (Å²) >= 11 is 0. The average Bonchev–Trinajstić information content (AvgIpc) is 2.88. The first-order valence-electron chi connectivity index (χ1n) is 11.0. The summed E-state index contributed by atoms with van der Waals surface area (Å²) in [5, 5.41) is 13.7. The van der Waals surface area contributed by atoms with Crippen molar-refractivity contribution in [3.8, 4) is 0 Å². The van der Waals surface area contributed by atoms with E-state index in [0.29, 0.717) is 6.29 Å². The first-order valence-corrected chi connectivity index (χ1v) is 12.4. The number of amides is 1. The van der Waals surface area contributed by atoms with Crippen LogP contribution in [0.5, 0.6) is 0 Å². The van der Waals surface area contributed by atoms with Crippen LogP contribution >= 0.6 is 0 Å². The molecule has 4 aromatic carbocycles. The highest BCUT2D eigenvalue weighted by Gasteiger charge is 2.20. The molecule has 1 atom stereocenters. The van der Waals surface area contributed by atoms with E-state index in [-0.39, 0.29) is 28.1 Å². The molecular weight excluding hydrogens is 480 g/mol. The van der Waals surface area contributed by atoms with E-state index in [9.17, 15) is 27.9 Å². The third-order valence-corrected chi connectivity index (χ3v) is 6.88. The fourth-order valence-corrected chi connectivity index (χ4v) is 4.82. The second-order valence-corrected chi connectivity index (χ2v) is 9.81. The van der Waals surface area contributed by atoms with Crippen LogP contribution in [0, 0.1) is 0 Å². The van der Waals surface area contributed by atoms with Crippen LogP contribution in [-0.2, 0) is 21.2 Å². The van der Waals surface area contributed by atoms with E-state index in [2.05, 4.69) is 10.0 Å². The molecule has 0 radical (unpaired) electrons. The Morgan fingerprint density at radius 1 is 0.833 bits per heavy atom. The number of sulfonamides is 1. The van der Waals surface area contributed by atoms with Gasteiger partial charge in [0.1, 0.15) is 6.29 Å². The van der Waals surface area contributed by atoms with E-state index < -0.39 is 27.9 Å². The van der Waals surface area contributed by atoms with Gasteiger partial charge < -0.3 is 15.2 Å². The number of carboxylic acids is 1. The molecule has 1 amide bonds. The molecule has 0 aliphatic rings. The molecular formula is C27H22N2O6S. The van der Waals surface area contributed by atoms with Crippen LogP contribution in [0.4, 0.5) is 5.69 Å². The molecule has 8 nitrogen and oxygen atoms in total. The van der Waals surface area contributed by atoms with Gasteiger partial charge in [-0.3, -0.25) is 9.52 Å². The lowest BCUT2D eigenvalue weighted by atomic mass is 10.1. The van der Waals surface area contributed by atoms with E-state index in [1.165, 1.54) is 18.2 Å². The maximum atomic E-state index is 13.0. The number of anilines is 1. The van der Waals surface area contributed by atoms with Crippen LogP contribution < -0.4 is 10.0 Å². The van der Waals surface area contributed by atoms with Gasteiger partial charge in [0.05, 0.1) is 22.2 Å². The summed E-state index contributed by atoms with van der Waals surface area (Å²) in [6.45, 7) is 0. The molecule has 182 valence electrons. The van der Waals surface area contributed by atoms with Gasteiger partial charge in [-0.2, -0.15) is 0 Å². The van der Waals surface area contributed by atoms with E-state index in [4.69, 9.17) is 0 Å². The highest BCUT2D eigenvalue weighted by Crippen LogP contribution is 2.23. The third-order valence-electron chi connectivity index (χ3n) is 5.50. The fraction of sp³-hybridized carbons (Fsp3) is 0.0741. The third kappa shape index (κ3) is 5.76. The number of carboxylic acid groups (broad SMARTS) is 1. The number of carbonyl (C=O) groups is 3. The summed E-state index contributed by atoms with van der Waals surface area (Å²) in [6, 6.07) is 23.6. The Morgan fingerprint density at radius 3 is 2.19 bits per heavy atom. The van der Waals surface area contributed by atoms with Crippen LogP contribution in [0.3, 0.4) is 0 Å². The number of hydrogen-bond donors (Lipinski definition) is 3. The second-order valence-electron chi connectivity index (χ2n) is 8.12. The van der Waals surface area contributed by atoms with Crippen LogP contribution in [0.25, 0.3) is 10.8 Å². The van der Waals surface area contributed by atoms with Gasteiger partial charge in [0.2, 0.25) is 0 Å². The van der Waals surface area contributed by atoms with Gasteiger partial charge in [0, 0.05) is 5.56 Å². The monoisotopic (exact) mass is 502 g/mol. The summed E-state index contributed by atoms with van der Waals surface area (Å²) in [4.78, 5) is 36.1. The number of rotatable bonds is 9. The molecule has 0 spiro atoms. The van der Waals surface area contributed by atoms with Crippen molar-refractivity contribution in [1.29, 1.82) is 0 Å². The molecule has 0 saturated carbocycles. The predicted molar refractivity (Wildman–Crippen MR) is 136 cm³/mol. The molecule has 0 aromatic heterocycles. The largest absolute Gasteiger partial charge is 0.478 e. The quantitative estimate of drug-likeness (QED) is 0.298. The molecule has 36 heavy (non-hydrogen) atoms. The minimum atomic E-state index is -4.09. The summed E-state index contributed by atoms with van der Waals surface area (Å²) in [6.07, 6.45) is 0.839. The maximum Gasteiger partial charge on any atom is 0.335 e. The van der Waals surface area contributed by atoms with E-state index in [1.807, 2.05) is 42.5 Å². The van der Waals surface area contributed by atoms with Crippen molar-refractivity contribution < 1.29 is 27.9 Å². The number of fused-ring (bicyclic) bond motifs is 1. The van der Waals surface area contributed by atoms with E-state index in [1.54, 1.807) is 18.2 Å². The number of aromatic carboxylic acids is 1. The first-order chi connectivity index (χ1) is 17.2. The van der Waals surface area contributed by atoms with Crippen molar-refractivity contribution in [2.45, 2.75) is 17.4 Å². The Labute approximate surface area is 207 Å². The predicted octanol–water partition coefficient (Wildman–Crippen LogP) is 3.88. The Kier molecular flexibility index (Phi) is 7.12. The van der Waals surface area contributed by atoms with Gasteiger partial charge in [-0.25, -0.2) is 13.2 Å². The molecule has 0 unspecified atom stereocenters. The molecule has 0 heterocycles. The second kappa shape index (κ2) is 10.4. The maximum absolute atomic E-state index is 13.0. The minimum Gasteiger partial charge on any atom is -0.478 e. The van der Waals surface area contributed by atoms with Crippen molar-refractivity contribution in [1.82, 2.24) is 5.32 Å². The summed E-state index contributed by atoms with van der Waals surface area (Å²) in [7, 11) is -4.09. The van der Waals surface area contributed by atoms with Gasteiger partial charge in [-0.1, -0.05) is 60.7 Å². The molecule has 0 aliphatic heterocycles. The molecule has 0 bridgehead atoms. The Bertz CT molecular complexity index is 1550.